The Morgan fingerprint density at radius 2 is 2.33 bits per heavy atom. The Bertz CT molecular complexity index is 429. The Balaban J connectivity index is 2.84. The maximum absolute atomic E-state index is 11.4. The van der Waals surface area contributed by atoms with Crippen LogP contribution >= 0.6 is 23.2 Å². The smallest absolute Gasteiger partial charge is 0.341 e. The van der Waals surface area contributed by atoms with Crippen molar-refractivity contribution in [2.45, 2.75) is 13.0 Å². The van der Waals surface area contributed by atoms with Gasteiger partial charge in [-0.1, -0.05) is 23.2 Å². The first-order valence-corrected chi connectivity index (χ1v) is 4.72. The van der Waals surface area contributed by atoms with Gasteiger partial charge in [-0.2, -0.15) is 5.26 Å². The first-order chi connectivity index (χ1) is 7.04. The Hall–Kier alpha value is -1.31. The van der Waals surface area contributed by atoms with E-state index in [0.717, 1.165) is 0 Å². The average Bonchev–Trinajstić information content (AvgIpc) is 2.21. The molecular formula is C9H6Cl2N2O2. The van der Waals surface area contributed by atoms with Crippen LogP contribution in [0.25, 0.3) is 0 Å². The maximum Gasteiger partial charge on any atom is 0.341 e. The molecular weight excluding hydrogens is 239 g/mol. The lowest BCUT2D eigenvalue weighted by Crippen LogP contribution is -2.13. The molecule has 0 aliphatic carbocycles. The highest BCUT2D eigenvalue weighted by atomic mass is 35.5. The molecule has 1 aromatic rings. The van der Waals surface area contributed by atoms with Crippen molar-refractivity contribution in [2.24, 2.45) is 0 Å². The highest BCUT2D eigenvalue weighted by molar-refractivity contribution is 6.41. The van der Waals surface area contributed by atoms with Crippen LogP contribution in [0.3, 0.4) is 0 Å². The summed E-state index contributed by atoms with van der Waals surface area (Å²) in [6.45, 7) is 1.46. The van der Waals surface area contributed by atoms with E-state index < -0.39 is 12.1 Å². The van der Waals surface area contributed by atoms with Crippen molar-refractivity contribution in [2.75, 3.05) is 0 Å². The third-order valence-corrected chi connectivity index (χ3v) is 2.18. The summed E-state index contributed by atoms with van der Waals surface area (Å²) in [6.07, 6.45) is 0.424. The van der Waals surface area contributed by atoms with Crippen LogP contribution in [0.4, 0.5) is 0 Å². The highest BCUT2D eigenvalue weighted by Gasteiger charge is 2.13. The van der Waals surface area contributed by atoms with Crippen LogP contribution in [0.1, 0.15) is 17.3 Å². The van der Waals surface area contributed by atoms with Crippen LogP contribution in [0, 0.1) is 11.3 Å². The molecule has 15 heavy (non-hydrogen) atoms. The monoisotopic (exact) mass is 244 g/mol. The van der Waals surface area contributed by atoms with Crippen molar-refractivity contribution < 1.29 is 9.53 Å². The number of hydrogen-bond donors (Lipinski definition) is 0. The van der Waals surface area contributed by atoms with Crippen molar-refractivity contribution in [1.29, 1.82) is 5.26 Å². The van der Waals surface area contributed by atoms with Gasteiger partial charge in [0.05, 0.1) is 10.6 Å². The van der Waals surface area contributed by atoms with E-state index >= 15 is 0 Å². The number of halogens is 2. The lowest BCUT2D eigenvalue weighted by molar-refractivity contribution is 0.0435. The minimum Gasteiger partial charge on any atom is -0.444 e. The van der Waals surface area contributed by atoms with Gasteiger partial charge in [-0.3, -0.25) is 0 Å². The molecule has 0 bridgehead atoms. The first kappa shape index (κ1) is 11.8. The fraction of sp³-hybridized carbons (Fsp3) is 0.222. The Labute approximate surface area is 96.4 Å². The normalized spacial score (nSPS) is 11.6. The molecule has 0 aliphatic heterocycles. The number of ether oxygens (including phenoxy) is 1. The van der Waals surface area contributed by atoms with E-state index in [1.807, 2.05) is 0 Å². The van der Waals surface area contributed by atoms with Gasteiger partial charge >= 0.3 is 5.97 Å². The third kappa shape index (κ3) is 3.08. The largest absolute Gasteiger partial charge is 0.444 e. The molecule has 6 heteroatoms. The van der Waals surface area contributed by atoms with E-state index in [2.05, 4.69) is 4.98 Å². The van der Waals surface area contributed by atoms with Crippen molar-refractivity contribution >= 4 is 29.2 Å². The van der Waals surface area contributed by atoms with E-state index in [1.165, 1.54) is 19.2 Å². The molecule has 4 nitrogen and oxygen atoms in total. The molecule has 0 N–H and O–H groups in total. The molecule has 0 aliphatic rings. The topological polar surface area (TPSA) is 63.0 Å². The zero-order chi connectivity index (χ0) is 11.4. The molecule has 0 aromatic carbocycles. The lowest BCUT2D eigenvalue weighted by Gasteiger charge is -2.05. The highest BCUT2D eigenvalue weighted by Crippen LogP contribution is 2.20. The zero-order valence-corrected chi connectivity index (χ0v) is 9.21. The molecule has 0 saturated carbocycles. The third-order valence-electron chi connectivity index (χ3n) is 1.50. The van der Waals surface area contributed by atoms with Crippen LogP contribution < -0.4 is 0 Å². The second kappa shape index (κ2) is 4.96. The molecule has 1 unspecified atom stereocenters. The van der Waals surface area contributed by atoms with Gasteiger partial charge in [0, 0.05) is 6.20 Å². The average molecular weight is 245 g/mol. The summed E-state index contributed by atoms with van der Waals surface area (Å²) in [4.78, 5) is 15.0. The Kier molecular flexibility index (Phi) is 3.89. The number of hydrogen-bond acceptors (Lipinski definition) is 4. The minimum atomic E-state index is -0.813. The number of esters is 1. The fourth-order valence-corrected chi connectivity index (χ4v) is 1.06. The summed E-state index contributed by atoms with van der Waals surface area (Å²) in [6, 6.07) is 3.11. The number of nitriles is 1. The van der Waals surface area contributed by atoms with E-state index in [4.69, 9.17) is 33.2 Å². The summed E-state index contributed by atoms with van der Waals surface area (Å²) in [5.74, 6) is -0.657. The Morgan fingerprint density at radius 3 is 2.87 bits per heavy atom. The molecule has 0 saturated heterocycles. The number of carbonyl (C=O) groups is 1. The summed E-state index contributed by atoms with van der Waals surface area (Å²) in [5, 5.41) is 8.71. The van der Waals surface area contributed by atoms with Crippen molar-refractivity contribution in [3.63, 3.8) is 0 Å². The molecule has 78 valence electrons. The van der Waals surface area contributed by atoms with Crippen LogP contribution in [0.15, 0.2) is 12.3 Å². The molecule has 0 spiro atoms. The van der Waals surface area contributed by atoms with Gasteiger partial charge in [-0.05, 0) is 13.0 Å². The van der Waals surface area contributed by atoms with Crippen molar-refractivity contribution in [3.8, 4) is 6.07 Å². The van der Waals surface area contributed by atoms with Gasteiger partial charge in [0.25, 0.3) is 0 Å². The summed E-state index contributed by atoms with van der Waals surface area (Å²) in [5.41, 5.74) is 0.159. The standard InChI is InChI=1S/C9H6Cl2N2O2/c1-5(3-12)15-9(14)6-2-7(10)8(11)13-4-6/h2,4-5H,1H3. The fourth-order valence-electron chi connectivity index (χ4n) is 0.788. The van der Waals surface area contributed by atoms with E-state index in [0.29, 0.717) is 0 Å². The summed E-state index contributed by atoms with van der Waals surface area (Å²) in [7, 11) is 0. The molecule has 1 atom stereocenters. The quantitative estimate of drug-likeness (QED) is 0.593. The van der Waals surface area contributed by atoms with Gasteiger partial charge in [0.15, 0.2) is 6.10 Å². The second-order valence-corrected chi connectivity index (χ2v) is 3.44. The first-order valence-electron chi connectivity index (χ1n) is 3.96. The van der Waals surface area contributed by atoms with Crippen molar-refractivity contribution in [3.05, 3.63) is 28.0 Å². The molecule has 1 heterocycles. The number of carbonyl (C=O) groups excluding carboxylic acids is 1. The van der Waals surface area contributed by atoms with Gasteiger partial charge in [-0.15, -0.1) is 0 Å². The lowest BCUT2D eigenvalue weighted by atomic mass is 10.3. The number of pyridine rings is 1. The second-order valence-electron chi connectivity index (χ2n) is 2.67. The molecule has 1 aromatic heterocycles. The van der Waals surface area contributed by atoms with Gasteiger partial charge < -0.3 is 4.74 Å². The Morgan fingerprint density at radius 1 is 1.67 bits per heavy atom. The molecule has 0 fully saturated rings. The van der Waals surface area contributed by atoms with Gasteiger partial charge in [-0.25, -0.2) is 9.78 Å². The summed E-state index contributed by atoms with van der Waals surface area (Å²) >= 11 is 11.2. The van der Waals surface area contributed by atoms with E-state index in [1.54, 1.807) is 6.07 Å². The maximum atomic E-state index is 11.4. The van der Waals surface area contributed by atoms with E-state index in [9.17, 15) is 4.79 Å². The summed E-state index contributed by atoms with van der Waals surface area (Å²) < 4.78 is 4.74. The van der Waals surface area contributed by atoms with Crippen LogP contribution in [0.5, 0.6) is 0 Å². The number of aromatic nitrogens is 1. The van der Waals surface area contributed by atoms with Crippen LogP contribution in [-0.4, -0.2) is 17.1 Å². The van der Waals surface area contributed by atoms with Gasteiger partial charge in [0.1, 0.15) is 11.2 Å². The van der Waals surface area contributed by atoms with Crippen molar-refractivity contribution in [1.82, 2.24) is 4.98 Å². The predicted molar refractivity (Wildman–Crippen MR) is 54.7 cm³/mol. The van der Waals surface area contributed by atoms with Crippen LogP contribution in [0.2, 0.25) is 10.2 Å². The molecule has 1 rings (SSSR count). The number of rotatable bonds is 2. The molecule has 0 radical (unpaired) electrons. The molecule has 0 amide bonds. The predicted octanol–water partition coefficient (Wildman–Crippen LogP) is 2.46. The van der Waals surface area contributed by atoms with E-state index in [-0.39, 0.29) is 15.7 Å². The van der Waals surface area contributed by atoms with Gasteiger partial charge in [0.2, 0.25) is 0 Å². The van der Waals surface area contributed by atoms with Crippen LogP contribution in [-0.2, 0) is 4.74 Å². The number of nitrogens with zero attached hydrogens (tertiary/aromatic N) is 2. The minimum absolute atomic E-state index is 0.113. The zero-order valence-electron chi connectivity index (χ0n) is 7.70. The SMILES string of the molecule is CC(C#N)OC(=O)c1cnc(Cl)c(Cl)c1.